The van der Waals surface area contributed by atoms with Crippen LogP contribution >= 0.6 is 0 Å². The monoisotopic (exact) mass is 481 g/mol. The van der Waals surface area contributed by atoms with Crippen molar-refractivity contribution in [2.45, 2.75) is 13.5 Å². The Bertz CT molecular complexity index is 1420. The quantitative estimate of drug-likeness (QED) is 0.203. The molecule has 0 aliphatic heterocycles. The van der Waals surface area contributed by atoms with E-state index in [0.29, 0.717) is 22.6 Å². The number of non-ortho nitro benzene ring substituents is 1. The molecule has 1 heterocycles. The third-order valence-corrected chi connectivity index (χ3v) is 5.36. The number of hydrogen-bond donors (Lipinski definition) is 2. The Morgan fingerprint density at radius 1 is 0.944 bits per heavy atom. The summed E-state index contributed by atoms with van der Waals surface area (Å²) in [6, 6.07) is 25.6. The van der Waals surface area contributed by atoms with Crippen LogP contribution in [0.15, 0.2) is 101 Å². The Morgan fingerprint density at radius 2 is 1.69 bits per heavy atom. The zero-order valence-corrected chi connectivity index (χ0v) is 19.4. The fourth-order valence-electron chi connectivity index (χ4n) is 3.43. The van der Waals surface area contributed by atoms with E-state index in [-0.39, 0.29) is 17.9 Å². The summed E-state index contributed by atoms with van der Waals surface area (Å²) in [5.74, 6) is -0.255. The summed E-state index contributed by atoms with van der Waals surface area (Å²) in [5, 5.41) is 16.6. The van der Waals surface area contributed by atoms with Crippen LogP contribution in [0.25, 0.3) is 17.4 Å². The van der Waals surface area contributed by atoms with Gasteiger partial charge in [-0.2, -0.15) is 0 Å². The Hall–Kier alpha value is -4.98. The lowest BCUT2D eigenvalue weighted by molar-refractivity contribution is -0.384. The van der Waals surface area contributed by atoms with Crippen molar-refractivity contribution in [2.75, 3.05) is 0 Å². The highest BCUT2D eigenvalue weighted by Gasteiger charge is 2.16. The molecule has 0 aliphatic rings. The molecule has 0 fully saturated rings. The third kappa shape index (κ3) is 6.12. The zero-order chi connectivity index (χ0) is 25.5. The maximum atomic E-state index is 13.0. The van der Waals surface area contributed by atoms with E-state index < -0.39 is 16.7 Å². The summed E-state index contributed by atoms with van der Waals surface area (Å²) >= 11 is 0. The van der Waals surface area contributed by atoms with Crippen LogP contribution in [0.1, 0.15) is 27.2 Å². The molecule has 36 heavy (non-hydrogen) atoms. The van der Waals surface area contributed by atoms with Gasteiger partial charge in [-0.3, -0.25) is 19.7 Å². The smallest absolute Gasteiger partial charge is 0.270 e. The second-order valence-corrected chi connectivity index (χ2v) is 8.06. The fourth-order valence-corrected chi connectivity index (χ4v) is 3.43. The molecule has 0 aliphatic carbocycles. The second-order valence-electron chi connectivity index (χ2n) is 8.06. The molecule has 0 spiro atoms. The van der Waals surface area contributed by atoms with Crippen LogP contribution in [0, 0.1) is 17.0 Å². The fraction of sp³-hybridized carbons (Fsp3) is 0.0714. The van der Waals surface area contributed by atoms with Crippen molar-refractivity contribution < 1.29 is 18.9 Å². The largest absolute Gasteiger partial charge is 0.457 e. The second kappa shape index (κ2) is 11.0. The maximum absolute atomic E-state index is 13.0. The van der Waals surface area contributed by atoms with E-state index in [0.717, 1.165) is 11.1 Å². The molecular formula is C28H23N3O5. The third-order valence-electron chi connectivity index (χ3n) is 5.36. The topological polar surface area (TPSA) is 114 Å². The first kappa shape index (κ1) is 24.2. The lowest BCUT2D eigenvalue weighted by Crippen LogP contribution is -2.34. The molecule has 0 saturated carbocycles. The van der Waals surface area contributed by atoms with E-state index in [1.807, 2.05) is 31.2 Å². The lowest BCUT2D eigenvalue weighted by atomic mass is 10.1. The van der Waals surface area contributed by atoms with Gasteiger partial charge in [0.25, 0.3) is 17.5 Å². The standard InChI is InChI=1S/C28H23N3O5/c1-19-10-12-20(13-11-19)18-29-28(33)25(30-27(32)21-6-3-2-4-7-21)17-24-14-15-26(36-24)22-8-5-9-23(16-22)31(34)35/h2-17H,18H2,1H3,(H,29,33)(H,30,32). The van der Waals surface area contributed by atoms with Crippen molar-refractivity contribution in [3.8, 4) is 11.3 Å². The highest BCUT2D eigenvalue weighted by Crippen LogP contribution is 2.26. The number of nitrogens with zero attached hydrogens (tertiary/aromatic N) is 1. The molecule has 3 aromatic carbocycles. The van der Waals surface area contributed by atoms with Gasteiger partial charge in [-0.05, 0) is 36.8 Å². The molecule has 2 amide bonds. The van der Waals surface area contributed by atoms with E-state index in [4.69, 9.17) is 4.42 Å². The van der Waals surface area contributed by atoms with Gasteiger partial charge in [0.05, 0.1) is 4.92 Å². The SMILES string of the molecule is Cc1ccc(CNC(=O)C(=Cc2ccc(-c3cccc([N+](=O)[O-])c3)o2)NC(=O)c2ccccc2)cc1. The van der Waals surface area contributed by atoms with Crippen LogP contribution in [-0.2, 0) is 11.3 Å². The van der Waals surface area contributed by atoms with Gasteiger partial charge in [0.15, 0.2) is 0 Å². The van der Waals surface area contributed by atoms with Crippen LogP contribution in [-0.4, -0.2) is 16.7 Å². The van der Waals surface area contributed by atoms with E-state index >= 15 is 0 Å². The molecule has 4 rings (SSSR count). The molecule has 2 N–H and O–H groups in total. The first-order chi connectivity index (χ1) is 17.4. The molecule has 0 atom stereocenters. The Labute approximate surface area is 207 Å². The minimum atomic E-state index is -0.492. The number of rotatable bonds is 8. The number of nitro benzene ring substituents is 1. The summed E-state index contributed by atoms with van der Waals surface area (Å²) < 4.78 is 5.82. The summed E-state index contributed by atoms with van der Waals surface area (Å²) in [7, 11) is 0. The molecule has 0 saturated heterocycles. The molecule has 0 bridgehead atoms. The summed E-state index contributed by atoms with van der Waals surface area (Å²) in [4.78, 5) is 36.4. The van der Waals surface area contributed by atoms with Crippen molar-refractivity contribution >= 4 is 23.6 Å². The summed E-state index contributed by atoms with van der Waals surface area (Å²) in [6.45, 7) is 2.25. The van der Waals surface area contributed by atoms with Gasteiger partial charge in [-0.15, -0.1) is 0 Å². The predicted molar refractivity (Wildman–Crippen MR) is 136 cm³/mol. The number of aryl methyl sites for hydroxylation is 1. The molecule has 180 valence electrons. The Morgan fingerprint density at radius 3 is 2.42 bits per heavy atom. The normalized spacial score (nSPS) is 11.1. The Balaban J connectivity index is 1.58. The molecule has 4 aromatic rings. The number of amides is 2. The minimum absolute atomic E-state index is 0.00379. The number of benzene rings is 3. The summed E-state index contributed by atoms with van der Waals surface area (Å²) in [5.41, 5.74) is 2.86. The number of carbonyl (C=O) groups excluding carboxylic acids is 2. The molecular weight excluding hydrogens is 458 g/mol. The van der Waals surface area contributed by atoms with Gasteiger partial charge in [0.2, 0.25) is 0 Å². The van der Waals surface area contributed by atoms with Crippen molar-refractivity contribution in [2.24, 2.45) is 0 Å². The minimum Gasteiger partial charge on any atom is -0.457 e. The summed E-state index contributed by atoms with van der Waals surface area (Å²) in [6.07, 6.45) is 1.42. The van der Waals surface area contributed by atoms with Crippen LogP contribution < -0.4 is 10.6 Å². The van der Waals surface area contributed by atoms with Crippen LogP contribution in [0.4, 0.5) is 5.69 Å². The van der Waals surface area contributed by atoms with Gasteiger partial charge >= 0.3 is 0 Å². The van der Waals surface area contributed by atoms with Crippen LogP contribution in [0.5, 0.6) is 0 Å². The molecule has 1 aromatic heterocycles. The predicted octanol–water partition coefficient (Wildman–Crippen LogP) is 5.25. The highest BCUT2D eigenvalue weighted by molar-refractivity contribution is 6.05. The average molecular weight is 482 g/mol. The van der Waals surface area contributed by atoms with Gasteiger partial charge in [0.1, 0.15) is 17.2 Å². The number of furan rings is 1. The number of nitro groups is 1. The first-order valence-electron chi connectivity index (χ1n) is 11.2. The maximum Gasteiger partial charge on any atom is 0.270 e. The van der Waals surface area contributed by atoms with E-state index in [2.05, 4.69) is 10.6 Å². The van der Waals surface area contributed by atoms with Crippen molar-refractivity contribution in [3.05, 3.63) is 129 Å². The van der Waals surface area contributed by atoms with Crippen LogP contribution in [0.2, 0.25) is 0 Å². The van der Waals surface area contributed by atoms with Crippen molar-refractivity contribution in [3.63, 3.8) is 0 Å². The van der Waals surface area contributed by atoms with Crippen molar-refractivity contribution in [1.82, 2.24) is 10.6 Å². The van der Waals surface area contributed by atoms with E-state index in [1.54, 1.807) is 54.6 Å². The average Bonchev–Trinajstić information content (AvgIpc) is 3.37. The van der Waals surface area contributed by atoms with Gasteiger partial charge < -0.3 is 15.1 Å². The van der Waals surface area contributed by atoms with Gasteiger partial charge in [-0.1, -0.05) is 60.2 Å². The highest BCUT2D eigenvalue weighted by atomic mass is 16.6. The zero-order valence-electron chi connectivity index (χ0n) is 19.4. The van der Waals surface area contributed by atoms with Gasteiger partial charge in [-0.25, -0.2) is 0 Å². The first-order valence-corrected chi connectivity index (χ1v) is 11.2. The number of nitrogens with one attached hydrogen (secondary N) is 2. The molecule has 8 nitrogen and oxygen atoms in total. The Kier molecular flexibility index (Phi) is 7.36. The van der Waals surface area contributed by atoms with E-state index in [9.17, 15) is 19.7 Å². The lowest BCUT2D eigenvalue weighted by Gasteiger charge is -2.11. The van der Waals surface area contributed by atoms with Gasteiger partial charge in [0, 0.05) is 35.9 Å². The molecule has 8 heteroatoms. The van der Waals surface area contributed by atoms with E-state index in [1.165, 1.54) is 18.2 Å². The van der Waals surface area contributed by atoms with Crippen LogP contribution in [0.3, 0.4) is 0 Å². The molecule has 0 unspecified atom stereocenters. The molecule has 0 radical (unpaired) electrons. The number of hydrogen-bond acceptors (Lipinski definition) is 5. The number of carbonyl (C=O) groups is 2. The van der Waals surface area contributed by atoms with Crippen molar-refractivity contribution in [1.29, 1.82) is 0 Å².